The smallest absolute Gasteiger partial charge is 0.255 e. The molecule has 2 fully saturated rings. The topological polar surface area (TPSA) is 95.7 Å². The van der Waals surface area contributed by atoms with Gasteiger partial charge in [-0.2, -0.15) is 0 Å². The molecule has 1 saturated heterocycles. The summed E-state index contributed by atoms with van der Waals surface area (Å²) < 4.78 is 0. The molecule has 1 aromatic carbocycles. The minimum absolute atomic E-state index is 0.0378. The summed E-state index contributed by atoms with van der Waals surface area (Å²) in [4.78, 5) is 40.0. The summed E-state index contributed by atoms with van der Waals surface area (Å²) in [5.74, 6) is -0.773. The molecule has 1 aromatic rings. The van der Waals surface area contributed by atoms with Crippen molar-refractivity contribution in [1.82, 2.24) is 15.1 Å². The summed E-state index contributed by atoms with van der Waals surface area (Å²) in [7, 11) is 2.04. The highest BCUT2D eigenvalue weighted by Crippen LogP contribution is 2.33. The van der Waals surface area contributed by atoms with Crippen LogP contribution in [0.3, 0.4) is 0 Å². The number of nitrogens with one attached hydrogen (secondary N) is 1. The molecule has 1 aliphatic carbocycles. The fourth-order valence-electron chi connectivity index (χ4n) is 3.92. The third-order valence-electron chi connectivity index (χ3n) is 5.52. The van der Waals surface area contributed by atoms with Gasteiger partial charge in [0.25, 0.3) is 5.91 Å². The summed E-state index contributed by atoms with van der Waals surface area (Å²) in [6.45, 7) is 2.00. The van der Waals surface area contributed by atoms with Crippen molar-refractivity contribution in [3.63, 3.8) is 0 Å². The molecule has 3 amide bonds. The number of hydrogen-bond acceptors (Lipinski definition) is 5. The fourth-order valence-corrected chi connectivity index (χ4v) is 3.92. The van der Waals surface area contributed by atoms with Crippen LogP contribution in [0.4, 0.5) is 0 Å². The van der Waals surface area contributed by atoms with Crippen LogP contribution in [0.2, 0.25) is 0 Å². The van der Waals surface area contributed by atoms with Crippen LogP contribution in [-0.4, -0.2) is 52.7 Å². The van der Waals surface area contributed by atoms with Crippen LogP contribution in [0, 0.1) is 0 Å². The third kappa shape index (κ3) is 3.24. The first-order valence-electron chi connectivity index (χ1n) is 9.09. The van der Waals surface area contributed by atoms with E-state index in [-0.39, 0.29) is 29.7 Å². The van der Waals surface area contributed by atoms with E-state index in [1.54, 1.807) is 4.90 Å². The molecule has 4 rings (SSSR count). The second-order valence-electron chi connectivity index (χ2n) is 7.93. The first-order chi connectivity index (χ1) is 12.3. The Morgan fingerprint density at radius 1 is 1.31 bits per heavy atom. The highest BCUT2D eigenvalue weighted by molar-refractivity contribution is 6.05. The molecule has 2 heterocycles. The van der Waals surface area contributed by atoms with E-state index in [0.29, 0.717) is 18.5 Å². The molecule has 1 atom stereocenters. The lowest BCUT2D eigenvalue weighted by molar-refractivity contribution is -0.136. The Labute approximate surface area is 152 Å². The first kappa shape index (κ1) is 17.2. The Morgan fingerprint density at radius 3 is 2.77 bits per heavy atom. The number of fused-ring (bicyclic) bond motifs is 1. The lowest BCUT2D eigenvalue weighted by Crippen LogP contribution is -2.52. The second-order valence-corrected chi connectivity index (χ2v) is 7.93. The van der Waals surface area contributed by atoms with Gasteiger partial charge in [-0.25, -0.2) is 0 Å². The van der Waals surface area contributed by atoms with Crippen LogP contribution >= 0.6 is 0 Å². The van der Waals surface area contributed by atoms with Gasteiger partial charge in [0.1, 0.15) is 6.04 Å². The van der Waals surface area contributed by atoms with Gasteiger partial charge in [-0.1, -0.05) is 12.1 Å². The lowest BCUT2D eigenvalue weighted by atomic mass is 10.0. The van der Waals surface area contributed by atoms with Crippen molar-refractivity contribution in [2.75, 3.05) is 13.6 Å². The zero-order valence-corrected chi connectivity index (χ0v) is 15.0. The number of imide groups is 1. The van der Waals surface area contributed by atoms with Crippen molar-refractivity contribution in [3.05, 3.63) is 34.9 Å². The van der Waals surface area contributed by atoms with Gasteiger partial charge in [0.15, 0.2) is 0 Å². The summed E-state index contributed by atoms with van der Waals surface area (Å²) in [5.41, 5.74) is 8.79. The lowest BCUT2D eigenvalue weighted by Gasteiger charge is -2.29. The maximum Gasteiger partial charge on any atom is 0.255 e. The molecule has 7 heteroatoms. The number of carbonyl (C=O) groups excluding carboxylic acids is 3. The van der Waals surface area contributed by atoms with E-state index in [1.807, 2.05) is 25.2 Å². The predicted octanol–water partition coefficient (Wildman–Crippen LogP) is 0.371. The van der Waals surface area contributed by atoms with Gasteiger partial charge in [-0.15, -0.1) is 0 Å². The largest absolute Gasteiger partial charge is 0.324 e. The molecule has 2 aliphatic heterocycles. The fraction of sp³-hybridized carbons (Fsp3) is 0.526. The molecule has 7 nitrogen and oxygen atoms in total. The molecule has 0 bridgehead atoms. The van der Waals surface area contributed by atoms with E-state index in [1.165, 1.54) is 0 Å². The van der Waals surface area contributed by atoms with Crippen molar-refractivity contribution < 1.29 is 14.4 Å². The molecule has 0 aromatic heterocycles. The number of rotatable bonds is 5. The molecule has 26 heavy (non-hydrogen) atoms. The molecule has 138 valence electrons. The quantitative estimate of drug-likeness (QED) is 0.743. The Hall–Kier alpha value is -2.25. The van der Waals surface area contributed by atoms with E-state index in [9.17, 15) is 14.4 Å². The van der Waals surface area contributed by atoms with Gasteiger partial charge in [-0.05, 0) is 43.5 Å². The monoisotopic (exact) mass is 356 g/mol. The number of nitrogens with zero attached hydrogens (tertiary/aromatic N) is 2. The van der Waals surface area contributed by atoms with Gasteiger partial charge < -0.3 is 15.5 Å². The van der Waals surface area contributed by atoms with Crippen LogP contribution in [0.15, 0.2) is 18.2 Å². The summed E-state index contributed by atoms with van der Waals surface area (Å²) in [6.07, 6.45) is 2.80. The van der Waals surface area contributed by atoms with Gasteiger partial charge in [0.2, 0.25) is 11.8 Å². The summed E-state index contributed by atoms with van der Waals surface area (Å²) in [6, 6.07) is 5.37. The van der Waals surface area contributed by atoms with E-state index in [4.69, 9.17) is 5.73 Å². The number of piperidine rings is 1. The van der Waals surface area contributed by atoms with E-state index < -0.39 is 6.04 Å². The molecular weight excluding hydrogens is 332 g/mol. The highest BCUT2D eigenvalue weighted by atomic mass is 16.2. The first-order valence-corrected chi connectivity index (χ1v) is 9.09. The SMILES string of the molecule is CN(Cc1ccc2c(c1)C(=O)N(C1CCC(=O)NC1=O)C2)CC1(N)CC1. The maximum absolute atomic E-state index is 12.8. The number of amides is 3. The zero-order chi connectivity index (χ0) is 18.5. The van der Waals surface area contributed by atoms with Gasteiger partial charge in [0.05, 0.1) is 0 Å². The number of likely N-dealkylation sites (N-methyl/N-ethyl adjacent to an activating group) is 1. The van der Waals surface area contributed by atoms with Crippen molar-refractivity contribution in [2.45, 2.75) is 50.4 Å². The summed E-state index contributed by atoms with van der Waals surface area (Å²) in [5, 5.41) is 2.33. The van der Waals surface area contributed by atoms with Gasteiger partial charge in [-0.3, -0.25) is 19.7 Å². The van der Waals surface area contributed by atoms with E-state index in [2.05, 4.69) is 10.2 Å². The molecule has 1 saturated carbocycles. The predicted molar refractivity (Wildman–Crippen MR) is 95.0 cm³/mol. The van der Waals surface area contributed by atoms with Crippen molar-refractivity contribution in [3.8, 4) is 0 Å². The molecule has 3 aliphatic rings. The van der Waals surface area contributed by atoms with Crippen LogP contribution in [0.1, 0.15) is 47.2 Å². The standard InChI is InChI=1S/C19H24N4O3/c1-22(11-19(20)6-7-19)9-12-2-3-13-10-23(18(26)14(13)8-12)15-4-5-16(24)21-17(15)25/h2-3,8,15H,4-7,9-11,20H2,1H3,(H,21,24,25). The number of hydrogen-bond donors (Lipinski definition) is 2. The van der Waals surface area contributed by atoms with E-state index in [0.717, 1.165) is 37.1 Å². The molecule has 1 unspecified atom stereocenters. The zero-order valence-electron chi connectivity index (χ0n) is 15.0. The van der Waals surface area contributed by atoms with Crippen molar-refractivity contribution in [2.24, 2.45) is 5.73 Å². The van der Waals surface area contributed by atoms with Crippen LogP contribution < -0.4 is 11.1 Å². The molecule has 0 spiro atoms. The highest BCUT2D eigenvalue weighted by Gasteiger charge is 2.40. The van der Waals surface area contributed by atoms with Gasteiger partial charge in [0, 0.05) is 37.2 Å². The van der Waals surface area contributed by atoms with Crippen LogP contribution in [0.25, 0.3) is 0 Å². The van der Waals surface area contributed by atoms with Crippen LogP contribution in [-0.2, 0) is 22.7 Å². The number of carbonyl (C=O) groups is 3. The average molecular weight is 356 g/mol. The Morgan fingerprint density at radius 2 is 2.08 bits per heavy atom. The molecule has 3 N–H and O–H groups in total. The normalized spacial score (nSPS) is 24.0. The molecular formula is C19H24N4O3. The average Bonchev–Trinajstić information content (AvgIpc) is 3.21. The van der Waals surface area contributed by atoms with E-state index >= 15 is 0 Å². The second kappa shape index (κ2) is 6.17. The van der Waals surface area contributed by atoms with Crippen molar-refractivity contribution >= 4 is 17.7 Å². The Balaban J connectivity index is 1.46. The number of benzene rings is 1. The van der Waals surface area contributed by atoms with Crippen molar-refractivity contribution in [1.29, 1.82) is 0 Å². The maximum atomic E-state index is 12.8. The summed E-state index contributed by atoms with van der Waals surface area (Å²) >= 11 is 0. The van der Waals surface area contributed by atoms with Gasteiger partial charge >= 0.3 is 0 Å². The minimum atomic E-state index is -0.564. The molecule has 0 radical (unpaired) electrons. The third-order valence-corrected chi connectivity index (χ3v) is 5.52. The minimum Gasteiger partial charge on any atom is -0.324 e. The Kier molecular flexibility index (Phi) is 4.08. The number of nitrogens with two attached hydrogens (primary N) is 1. The van der Waals surface area contributed by atoms with Crippen LogP contribution in [0.5, 0.6) is 0 Å². The Bertz CT molecular complexity index is 787.